The van der Waals surface area contributed by atoms with Crippen LogP contribution in [0.5, 0.6) is 0 Å². The Morgan fingerprint density at radius 2 is 1.79 bits per heavy atom. The van der Waals surface area contributed by atoms with Gasteiger partial charge in [-0.1, -0.05) is 41.4 Å². The number of carbonyl (C=O) groups excluding carboxylic acids is 2. The van der Waals surface area contributed by atoms with Crippen molar-refractivity contribution in [3.05, 3.63) is 58.6 Å². The van der Waals surface area contributed by atoms with Crippen LogP contribution in [0, 0.1) is 0 Å². The van der Waals surface area contributed by atoms with Gasteiger partial charge in [0.2, 0.25) is 5.91 Å². The maximum Gasteiger partial charge on any atom is 0.319 e. The summed E-state index contributed by atoms with van der Waals surface area (Å²) in [4.78, 5) is 25.2. The molecule has 2 aromatic rings. The molecule has 0 unspecified atom stereocenters. The maximum absolute atomic E-state index is 11.9. The Balaban J connectivity index is 1.93. The molecular formula is C17H17Cl2N3O2. The van der Waals surface area contributed by atoms with E-state index < -0.39 is 0 Å². The van der Waals surface area contributed by atoms with Crippen molar-refractivity contribution in [1.29, 1.82) is 0 Å². The number of carbonyl (C=O) groups is 2. The number of urea groups is 1. The Kier molecular flexibility index (Phi) is 6.46. The Morgan fingerprint density at radius 3 is 2.46 bits per heavy atom. The molecule has 3 amide bonds. The lowest BCUT2D eigenvalue weighted by Gasteiger charge is -2.22. The van der Waals surface area contributed by atoms with Crippen LogP contribution in [0.1, 0.15) is 6.92 Å². The first-order valence-corrected chi connectivity index (χ1v) is 8.06. The molecule has 2 rings (SSSR count). The van der Waals surface area contributed by atoms with Crippen molar-refractivity contribution >= 4 is 46.5 Å². The summed E-state index contributed by atoms with van der Waals surface area (Å²) in [6, 6.07) is 13.6. The predicted molar refractivity (Wildman–Crippen MR) is 98.0 cm³/mol. The zero-order chi connectivity index (χ0) is 17.5. The van der Waals surface area contributed by atoms with Crippen molar-refractivity contribution in [2.45, 2.75) is 6.92 Å². The summed E-state index contributed by atoms with van der Waals surface area (Å²) >= 11 is 12.1. The summed E-state index contributed by atoms with van der Waals surface area (Å²) in [7, 11) is 0. The van der Waals surface area contributed by atoms with Crippen molar-refractivity contribution in [2.24, 2.45) is 0 Å². The number of rotatable bonds is 5. The van der Waals surface area contributed by atoms with Gasteiger partial charge in [-0.2, -0.15) is 0 Å². The standard InChI is InChI=1S/C17H17Cl2N3O2/c1-12(23)22(16-11-13(18)7-8-15(16)19)10-9-20-17(24)21-14-5-3-2-4-6-14/h2-8,11H,9-10H2,1H3,(H2,20,21,24). The smallest absolute Gasteiger partial charge is 0.319 e. The fourth-order valence-corrected chi connectivity index (χ4v) is 2.50. The van der Waals surface area contributed by atoms with Crippen LogP contribution < -0.4 is 15.5 Å². The minimum Gasteiger partial charge on any atom is -0.336 e. The molecule has 0 aliphatic carbocycles. The Labute approximate surface area is 150 Å². The molecule has 0 radical (unpaired) electrons. The van der Waals surface area contributed by atoms with E-state index in [1.165, 1.54) is 11.8 Å². The predicted octanol–water partition coefficient (Wildman–Crippen LogP) is 4.17. The van der Waals surface area contributed by atoms with Gasteiger partial charge in [0.25, 0.3) is 0 Å². The summed E-state index contributed by atoms with van der Waals surface area (Å²) in [5, 5.41) is 6.31. The largest absolute Gasteiger partial charge is 0.336 e. The first-order chi connectivity index (χ1) is 11.5. The van der Waals surface area contributed by atoms with E-state index in [2.05, 4.69) is 10.6 Å². The van der Waals surface area contributed by atoms with Gasteiger partial charge < -0.3 is 15.5 Å². The molecule has 5 nitrogen and oxygen atoms in total. The minimum absolute atomic E-state index is 0.190. The highest BCUT2D eigenvalue weighted by Gasteiger charge is 2.15. The number of hydrogen-bond donors (Lipinski definition) is 2. The fourth-order valence-electron chi connectivity index (χ4n) is 2.12. The monoisotopic (exact) mass is 365 g/mol. The first kappa shape index (κ1) is 18.1. The van der Waals surface area contributed by atoms with E-state index in [4.69, 9.17) is 23.2 Å². The van der Waals surface area contributed by atoms with Crippen LogP contribution in [0.2, 0.25) is 10.0 Å². The number of nitrogens with zero attached hydrogens (tertiary/aromatic N) is 1. The van der Waals surface area contributed by atoms with Crippen molar-refractivity contribution in [3.8, 4) is 0 Å². The molecule has 0 spiro atoms. The summed E-state index contributed by atoms with van der Waals surface area (Å²) in [5.41, 5.74) is 1.21. The highest BCUT2D eigenvalue weighted by molar-refractivity contribution is 6.35. The molecule has 0 fully saturated rings. The second-order valence-corrected chi connectivity index (χ2v) is 5.86. The van der Waals surface area contributed by atoms with Gasteiger partial charge in [-0.15, -0.1) is 0 Å². The Hall–Kier alpha value is -2.24. The third-order valence-electron chi connectivity index (χ3n) is 3.23. The molecule has 0 saturated carbocycles. The molecule has 0 aliphatic heterocycles. The maximum atomic E-state index is 11.9. The average molecular weight is 366 g/mol. The molecule has 7 heteroatoms. The number of anilines is 2. The van der Waals surface area contributed by atoms with E-state index in [9.17, 15) is 9.59 Å². The average Bonchev–Trinajstić information content (AvgIpc) is 2.55. The molecular weight excluding hydrogens is 349 g/mol. The highest BCUT2D eigenvalue weighted by Crippen LogP contribution is 2.28. The highest BCUT2D eigenvalue weighted by atomic mass is 35.5. The molecule has 0 aromatic heterocycles. The van der Waals surface area contributed by atoms with E-state index in [-0.39, 0.29) is 25.0 Å². The SMILES string of the molecule is CC(=O)N(CCNC(=O)Nc1ccccc1)c1cc(Cl)ccc1Cl. The topological polar surface area (TPSA) is 61.4 Å². The van der Waals surface area contributed by atoms with Gasteiger partial charge >= 0.3 is 6.03 Å². The van der Waals surface area contributed by atoms with Crippen LogP contribution in [0.15, 0.2) is 48.5 Å². The molecule has 0 aliphatic rings. The third-order valence-corrected chi connectivity index (χ3v) is 3.79. The molecule has 126 valence electrons. The normalized spacial score (nSPS) is 10.1. The number of benzene rings is 2. The quantitative estimate of drug-likeness (QED) is 0.835. The summed E-state index contributed by atoms with van der Waals surface area (Å²) in [6.07, 6.45) is 0. The lowest BCUT2D eigenvalue weighted by atomic mass is 10.2. The molecule has 2 N–H and O–H groups in total. The van der Waals surface area contributed by atoms with Gasteiger partial charge in [0, 0.05) is 30.7 Å². The van der Waals surface area contributed by atoms with Gasteiger partial charge in [0.1, 0.15) is 0 Å². The lowest BCUT2D eigenvalue weighted by Crippen LogP contribution is -2.39. The van der Waals surface area contributed by atoms with Gasteiger partial charge in [0.05, 0.1) is 10.7 Å². The van der Waals surface area contributed by atoms with Crippen LogP contribution in [0.3, 0.4) is 0 Å². The van der Waals surface area contributed by atoms with Crippen LogP contribution in [-0.2, 0) is 4.79 Å². The van der Waals surface area contributed by atoms with Crippen molar-refractivity contribution in [2.75, 3.05) is 23.3 Å². The van der Waals surface area contributed by atoms with Gasteiger partial charge in [-0.3, -0.25) is 4.79 Å². The molecule has 0 atom stereocenters. The number of hydrogen-bond acceptors (Lipinski definition) is 2. The summed E-state index contributed by atoms with van der Waals surface area (Å²) in [6.45, 7) is 1.97. The van der Waals surface area contributed by atoms with E-state index in [1.807, 2.05) is 18.2 Å². The zero-order valence-corrected chi connectivity index (χ0v) is 14.6. The molecule has 0 heterocycles. The van der Waals surface area contributed by atoms with E-state index in [1.54, 1.807) is 30.3 Å². The van der Waals surface area contributed by atoms with Gasteiger partial charge in [-0.25, -0.2) is 4.79 Å². The number of halogens is 2. The third kappa shape index (κ3) is 5.15. The van der Waals surface area contributed by atoms with Crippen molar-refractivity contribution < 1.29 is 9.59 Å². The number of nitrogens with one attached hydrogen (secondary N) is 2. The fraction of sp³-hybridized carbons (Fsp3) is 0.176. The van der Waals surface area contributed by atoms with Gasteiger partial charge in [0.15, 0.2) is 0 Å². The van der Waals surface area contributed by atoms with E-state index in [0.717, 1.165) is 0 Å². The van der Waals surface area contributed by atoms with Crippen LogP contribution >= 0.6 is 23.2 Å². The number of amides is 3. The van der Waals surface area contributed by atoms with Crippen LogP contribution in [0.4, 0.5) is 16.2 Å². The molecule has 24 heavy (non-hydrogen) atoms. The molecule has 2 aromatic carbocycles. The lowest BCUT2D eigenvalue weighted by molar-refractivity contribution is -0.116. The van der Waals surface area contributed by atoms with E-state index >= 15 is 0 Å². The zero-order valence-electron chi connectivity index (χ0n) is 13.1. The molecule has 0 bridgehead atoms. The van der Waals surface area contributed by atoms with Crippen molar-refractivity contribution in [1.82, 2.24) is 5.32 Å². The second-order valence-electron chi connectivity index (χ2n) is 5.01. The Bertz CT molecular complexity index is 723. The Morgan fingerprint density at radius 1 is 1.08 bits per heavy atom. The minimum atomic E-state index is -0.345. The van der Waals surface area contributed by atoms with Crippen molar-refractivity contribution in [3.63, 3.8) is 0 Å². The summed E-state index contributed by atoms with van der Waals surface area (Å²) in [5.74, 6) is -0.190. The van der Waals surface area contributed by atoms with Gasteiger partial charge in [-0.05, 0) is 30.3 Å². The first-order valence-electron chi connectivity index (χ1n) is 7.30. The molecule has 0 saturated heterocycles. The van der Waals surface area contributed by atoms with Crippen LogP contribution in [-0.4, -0.2) is 25.0 Å². The second kappa shape index (κ2) is 8.57. The van der Waals surface area contributed by atoms with E-state index in [0.29, 0.717) is 21.4 Å². The number of para-hydroxylation sites is 1. The summed E-state index contributed by atoms with van der Waals surface area (Å²) < 4.78 is 0. The van der Waals surface area contributed by atoms with Crippen LogP contribution in [0.25, 0.3) is 0 Å².